The van der Waals surface area contributed by atoms with Crippen LogP contribution in [-0.2, 0) is 4.79 Å². The van der Waals surface area contributed by atoms with E-state index in [0.29, 0.717) is 19.3 Å². The van der Waals surface area contributed by atoms with Crippen molar-refractivity contribution in [2.75, 3.05) is 12.0 Å². The summed E-state index contributed by atoms with van der Waals surface area (Å²) in [5.41, 5.74) is 5.03. The van der Waals surface area contributed by atoms with Crippen LogP contribution in [0.1, 0.15) is 19.3 Å². The van der Waals surface area contributed by atoms with Gasteiger partial charge in [-0.05, 0) is 31.3 Å². The number of hydrogen-bond donors (Lipinski definition) is 4. The van der Waals surface area contributed by atoms with Crippen LogP contribution in [0.4, 0.5) is 4.79 Å². The first-order valence-electron chi connectivity index (χ1n) is 5.56. The summed E-state index contributed by atoms with van der Waals surface area (Å²) < 4.78 is 0. The second-order valence-corrected chi connectivity index (χ2v) is 5.16. The topological polar surface area (TPSA) is 104 Å². The summed E-state index contributed by atoms with van der Waals surface area (Å²) in [6.45, 7) is 0. The maximum absolute atomic E-state index is 11.8. The Balaban J connectivity index is 2.38. The molecule has 0 bridgehead atoms. The minimum Gasteiger partial charge on any atom is -0.393 e. The number of primary amides is 1. The van der Waals surface area contributed by atoms with Gasteiger partial charge in [-0.15, -0.1) is 0 Å². The molecule has 6 nitrogen and oxygen atoms in total. The summed E-state index contributed by atoms with van der Waals surface area (Å²) in [7, 11) is 0. The van der Waals surface area contributed by atoms with E-state index in [1.807, 2.05) is 6.26 Å². The quantitative estimate of drug-likeness (QED) is 0.513. The number of rotatable bonds is 6. The zero-order valence-corrected chi connectivity index (χ0v) is 10.6. The van der Waals surface area contributed by atoms with Gasteiger partial charge in [-0.3, -0.25) is 4.79 Å². The van der Waals surface area contributed by atoms with Gasteiger partial charge >= 0.3 is 6.03 Å². The summed E-state index contributed by atoms with van der Waals surface area (Å²) in [5, 5.41) is 14.3. The minimum absolute atomic E-state index is 0.0176. The van der Waals surface area contributed by atoms with Crippen molar-refractivity contribution in [3.63, 3.8) is 0 Å². The highest BCUT2D eigenvalue weighted by molar-refractivity contribution is 7.98. The van der Waals surface area contributed by atoms with E-state index in [9.17, 15) is 9.59 Å². The SMILES string of the molecule is CSCCC(NC(N)=O)C(=O)NC1CC(O)C1. The molecular weight excluding hydrogens is 242 g/mol. The smallest absolute Gasteiger partial charge is 0.312 e. The van der Waals surface area contributed by atoms with E-state index >= 15 is 0 Å². The van der Waals surface area contributed by atoms with Crippen LogP contribution >= 0.6 is 11.8 Å². The highest BCUT2D eigenvalue weighted by atomic mass is 32.2. The predicted octanol–water partition coefficient (Wildman–Crippen LogP) is -0.584. The molecule has 0 saturated heterocycles. The van der Waals surface area contributed by atoms with E-state index in [2.05, 4.69) is 10.6 Å². The fraction of sp³-hybridized carbons (Fsp3) is 0.800. The number of nitrogens with two attached hydrogens (primary N) is 1. The van der Waals surface area contributed by atoms with Crippen molar-refractivity contribution in [2.24, 2.45) is 5.73 Å². The Labute approximate surface area is 105 Å². The predicted molar refractivity (Wildman–Crippen MR) is 66.7 cm³/mol. The van der Waals surface area contributed by atoms with Crippen LogP contribution in [0.5, 0.6) is 0 Å². The van der Waals surface area contributed by atoms with Crippen molar-refractivity contribution in [3.8, 4) is 0 Å². The van der Waals surface area contributed by atoms with Crippen molar-refractivity contribution in [1.29, 1.82) is 0 Å². The van der Waals surface area contributed by atoms with Gasteiger partial charge in [0, 0.05) is 6.04 Å². The lowest BCUT2D eigenvalue weighted by Crippen LogP contribution is -2.54. The maximum atomic E-state index is 11.8. The largest absolute Gasteiger partial charge is 0.393 e. The van der Waals surface area contributed by atoms with Crippen LogP contribution in [0.25, 0.3) is 0 Å². The van der Waals surface area contributed by atoms with Crippen molar-refractivity contribution in [1.82, 2.24) is 10.6 Å². The number of carbonyl (C=O) groups is 2. The second kappa shape index (κ2) is 6.70. The molecular formula is C10H19N3O3S. The van der Waals surface area contributed by atoms with E-state index in [0.717, 1.165) is 5.75 Å². The van der Waals surface area contributed by atoms with Crippen LogP contribution in [0.15, 0.2) is 0 Å². The number of urea groups is 1. The summed E-state index contributed by atoms with van der Waals surface area (Å²) in [6.07, 6.45) is 3.33. The van der Waals surface area contributed by atoms with Crippen molar-refractivity contribution < 1.29 is 14.7 Å². The molecule has 17 heavy (non-hydrogen) atoms. The van der Waals surface area contributed by atoms with Gasteiger partial charge in [0.05, 0.1) is 6.10 Å². The molecule has 1 rings (SSSR count). The zero-order valence-electron chi connectivity index (χ0n) is 9.81. The van der Waals surface area contributed by atoms with E-state index < -0.39 is 12.1 Å². The Morgan fingerprint density at radius 1 is 1.53 bits per heavy atom. The van der Waals surface area contributed by atoms with Gasteiger partial charge in [0.2, 0.25) is 5.91 Å². The fourth-order valence-corrected chi connectivity index (χ4v) is 2.16. The number of nitrogens with one attached hydrogen (secondary N) is 2. The van der Waals surface area contributed by atoms with E-state index in [1.54, 1.807) is 11.8 Å². The lowest BCUT2D eigenvalue weighted by Gasteiger charge is -2.33. The third-order valence-corrected chi connectivity index (χ3v) is 3.35. The van der Waals surface area contributed by atoms with Gasteiger partial charge in [-0.1, -0.05) is 0 Å². The van der Waals surface area contributed by atoms with Gasteiger partial charge in [0.25, 0.3) is 0 Å². The number of hydrogen-bond acceptors (Lipinski definition) is 4. The Bertz CT molecular complexity index is 282. The van der Waals surface area contributed by atoms with Crippen LogP contribution < -0.4 is 16.4 Å². The van der Waals surface area contributed by atoms with E-state index in [4.69, 9.17) is 10.8 Å². The molecule has 0 radical (unpaired) electrons. The second-order valence-electron chi connectivity index (χ2n) is 4.17. The Hall–Kier alpha value is -0.950. The molecule has 1 atom stereocenters. The van der Waals surface area contributed by atoms with E-state index in [1.165, 1.54) is 0 Å². The highest BCUT2D eigenvalue weighted by Crippen LogP contribution is 2.19. The molecule has 0 aromatic heterocycles. The molecule has 7 heteroatoms. The summed E-state index contributed by atoms with van der Waals surface area (Å²) in [5.74, 6) is 0.542. The molecule has 0 aromatic carbocycles. The van der Waals surface area contributed by atoms with E-state index in [-0.39, 0.29) is 18.1 Å². The monoisotopic (exact) mass is 261 g/mol. The van der Waals surface area contributed by atoms with Crippen LogP contribution in [0.2, 0.25) is 0 Å². The molecule has 0 aliphatic heterocycles. The molecule has 98 valence electrons. The molecule has 0 aromatic rings. The number of carbonyl (C=O) groups excluding carboxylic acids is 2. The van der Waals surface area contributed by atoms with Gasteiger partial charge in [0.15, 0.2) is 0 Å². The van der Waals surface area contributed by atoms with Crippen molar-refractivity contribution in [3.05, 3.63) is 0 Å². The lowest BCUT2D eigenvalue weighted by atomic mass is 9.89. The summed E-state index contributed by atoms with van der Waals surface area (Å²) in [6, 6.07) is -1.26. The van der Waals surface area contributed by atoms with Crippen molar-refractivity contribution in [2.45, 2.75) is 37.5 Å². The lowest BCUT2D eigenvalue weighted by molar-refractivity contribution is -0.125. The molecule has 1 fully saturated rings. The molecule has 1 saturated carbocycles. The van der Waals surface area contributed by atoms with Crippen LogP contribution in [0, 0.1) is 0 Å². The first-order chi connectivity index (χ1) is 8.02. The fourth-order valence-electron chi connectivity index (χ4n) is 1.68. The van der Waals surface area contributed by atoms with Gasteiger partial charge in [-0.25, -0.2) is 4.79 Å². The standard InChI is InChI=1S/C10H19N3O3S/c1-17-3-2-8(13-10(11)16)9(15)12-6-4-7(14)5-6/h6-8,14H,2-5H2,1H3,(H,12,15)(H3,11,13,16). The molecule has 0 spiro atoms. The third-order valence-electron chi connectivity index (χ3n) is 2.70. The van der Waals surface area contributed by atoms with Crippen LogP contribution in [-0.4, -0.2) is 47.2 Å². The Morgan fingerprint density at radius 3 is 2.65 bits per heavy atom. The molecule has 1 aliphatic rings. The van der Waals surface area contributed by atoms with Gasteiger partial charge < -0.3 is 21.5 Å². The molecule has 0 heterocycles. The number of amides is 3. The van der Waals surface area contributed by atoms with Crippen LogP contribution in [0.3, 0.4) is 0 Å². The molecule has 5 N–H and O–H groups in total. The molecule has 1 aliphatic carbocycles. The minimum atomic E-state index is -0.695. The molecule has 1 unspecified atom stereocenters. The first-order valence-corrected chi connectivity index (χ1v) is 6.95. The average molecular weight is 261 g/mol. The normalized spacial score (nSPS) is 24.6. The number of aliphatic hydroxyl groups excluding tert-OH is 1. The zero-order chi connectivity index (χ0) is 12.8. The summed E-state index contributed by atoms with van der Waals surface area (Å²) in [4.78, 5) is 22.6. The number of aliphatic hydroxyl groups is 1. The Morgan fingerprint density at radius 2 is 2.18 bits per heavy atom. The van der Waals surface area contributed by atoms with Crippen molar-refractivity contribution >= 4 is 23.7 Å². The third kappa shape index (κ3) is 4.82. The number of thioether (sulfide) groups is 1. The highest BCUT2D eigenvalue weighted by Gasteiger charge is 2.30. The van der Waals surface area contributed by atoms with Gasteiger partial charge in [0.1, 0.15) is 6.04 Å². The average Bonchev–Trinajstić information content (AvgIpc) is 2.21. The molecule has 3 amide bonds. The summed E-state index contributed by atoms with van der Waals surface area (Å²) >= 11 is 1.60. The Kier molecular flexibility index (Phi) is 5.57. The maximum Gasteiger partial charge on any atom is 0.312 e. The van der Waals surface area contributed by atoms with Gasteiger partial charge in [-0.2, -0.15) is 11.8 Å². The first kappa shape index (κ1) is 14.1.